The van der Waals surface area contributed by atoms with Crippen LogP contribution < -0.4 is 10.1 Å². The fourth-order valence-electron chi connectivity index (χ4n) is 3.41. The van der Waals surface area contributed by atoms with Gasteiger partial charge in [-0.15, -0.1) is 0 Å². The van der Waals surface area contributed by atoms with Gasteiger partial charge in [0.2, 0.25) is 0 Å². The van der Waals surface area contributed by atoms with Gasteiger partial charge in [-0.25, -0.2) is 0 Å². The Kier molecular flexibility index (Phi) is 6.10. The topological polar surface area (TPSA) is 21.3 Å². The molecule has 1 saturated carbocycles. The first-order valence-electron chi connectivity index (χ1n) is 8.49. The van der Waals surface area contributed by atoms with E-state index in [1.807, 2.05) is 0 Å². The lowest BCUT2D eigenvalue weighted by Crippen LogP contribution is -2.29. The van der Waals surface area contributed by atoms with Gasteiger partial charge in [-0.1, -0.05) is 45.9 Å². The molecular weight excluding hydrogens is 258 g/mol. The fourth-order valence-corrected chi connectivity index (χ4v) is 3.41. The summed E-state index contributed by atoms with van der Waals surface area (Å²) in [4.78, 5) is 0. The first-order valence-corrected chi connectivity index (χ1v) is 8.49. The van der Waals surface area contributed by atoms with Gasteiger partial charge in [-0.05, 0) is 49.6 Å². The number of benzene rings is 1. The highest BCUT2D eigenvalue weighted by atomic mass is 16.5. The third-order valence-electron chi connectivity index (χ3n) is 4.27. The quantitative estimate of drug-likeness (QED) is 0.824. The van der Waals surface area contributed by atoms with Crippen molar-refractivity contribution in [3.63, 3.8) is 0 Å². The molecule has 1 aliphatic rings. The van der Waals surface area contributed by atoms with E-state index in [9.17, 15) is 0 Å². The predicted octanol–water partition coefficient (Wildman–Crippen LogP) is 4.64. The van der Waals surface area contributed by atoms with E-state index in [1.165, 1.54) is 24.8 Å². The van der Waals surface area contributed by atoms with Crippen molar-refractivity contribution in [1.29, 1.82) is 0 Å². The maximum atomic E-state index is 6.34. The molecule has 118 valence electrons. The summed E-state index contributed by atoms with van der Waals surface area (Å²) in [5.74, 6) is 3.31. The van der Waals surface area contributed by atoms with Crippen LogP contribution in [0.5, 0.6) is 5.75 Å². The fraction of sp³-hybridized carbons (Fsp3) is 0.684. The minimum Gasteiger partial charge on any atom is -0.490 e. The second-order valence-electron chi connectivity index (χ2n) is 7.29. The molecule has 21 heavy (non-hydrogen) atoms. The zero-order valence-electron chi connectivity index (χ0n) is 14.1. The van der Waals surface area contributed by atoms with Crippen LogP contribution in [-0.2, 0) is 6.54 Å². The van der Waals surface area contributed by atoms with Crippen LogP contribution in [0.15, 0.2) is 24.3 Å². The molecule has 0 aliphatic heterocycles. The molecule has 0 amide bonds. The van der Waals surface area contributed by atoms with Crippen LogP contribution in [-0.4, -0.2) is 12.6 Å². The molecule has 0 aromatic heterocycles. The SMILES string of the molecule is CC(C)CNCc1ccccc1OC1CC(C)CC(C)C1. The molecule has 0 radical (unpaired) electrons. The van der Waals surface area contributed by atoms with E-state index in [0.29, 0.717) is 12.0 Å². The molecular formula is C19H31NO. The second-order valence-corrected chi connectivity index (χ2v) is 7.29. The van der Waals surface area contributed by atoms with Crippen LogP contribution in [0, 0.1) is 17.8 Å². The average molecular weight is 289 g/mol. The van der Waals surface area contributed by atoms with Crippen molar-refractivity contribution in [2.24, 2.45) is 17.8 Å². The molecule has 2 heteroatoms. The zero-order valence-corrected chi connectivity index (χ0v) is 14.1. The lowest BCUT2D eigenvalue weighted by atomic mass is 9.82. The number of rotatable bonds is 6. The smallest absolute Gasteiger partial charge is 0.124 e. The zero-order chi connectivity index (χ0) is 15.2. The van der Waals surface area contributed by atoms with E-state index in [-0.39, 0.29) is 0 Å². The number of para-hydroxylation sites is 1. The summed E-state index contributed by atoms with van der Waals surface area (Å²) in [5, 5.41) is 3.52. The molecule has 0 bridgehead atoms. The molecule has 2 atom stereocenters. The van der Waals surface area contributed by atoms with Gasteiger partial charge in [0.05, 0.1) is 6.10 Å². The summed E-state index contributed by atoms with van der Waals surface area (Å²) in [5.41, 5.74) is 1.28. The van der Waals surface area contributed by atoms with E-state index in [4.69, 9.17) is 4.74 Å². The van der Waals surface area contributed by atoms with Gasteiger partial charge in [-0.3, -0.25) is 0 Å². The standard InChI is InChI=1S/C19H31NO/c1-14(2)12-20-13-17-7-5-6-8-19(17)21-18-10-15(3)9-16(4)11-18/h5-8,14-16,18,20H,9-13H2,1-4H3. The molecule has 2 rings (SSSR count). The molecule has 2 unspecified atom stereocenters. The van der Waals surface area contributed by atoms with E-state index in [1.54, 1.807) is 0 Å². The molecule has 1 aromatic rings. The molecule has 0 spiro atoms. The lowest BCUT2D eigenvalue weighted by Gasteiger charge is -2.32. The Morgan fingerprint density at radius 2 is 1.76 bits per heavy atom. The molecule has 1 aromatic carbocycles. The van der Waals surface area contributed by atoms with E-state index in [2.05, 4.69) is 57.3 Å². The van der Waals surface area contributed by atoms with Crippen molar-refractivity contribution < 1.29 is 4.74 Å². The molecule has 1 aliphatic carbocycles. The van der Waals surface area contributed by atoms with Crippen molar-refractivity contribution >= 4 is 0 Å². The number of ether oxygens (including phenoxy) is 1. The Balaban J connectivity index is 1.95. The largest absolute Gasteiger partial charge is 0.490 e. The van der Waals surface area contributed by atoms with Gasteiger partial charge in [0.1, 0.15) is 5.75 Å². The summed E-state index contributed by atoms with van der Waals surface area (Å²) in [6, 6.07) is 8.48. The highest BCUT2D eigenvalue weighted by Gasteiger charge is 2.25. The van der Waals surface area contributed by atoms with Crippen LogP contribution in [0.1, 0.15) is 52.5 Å². The second kappa shape index (κ2) is 7.84. The lowest BCUT2D eigenvalue weighted by molar-refractivity contribution is 0.0999. The first-order chi connectivity index (χ1) is 10.0. The summed E-state index contributed by atoms with van der Waals surface area (Å²) in [6.45, 7) is 11.1. The Labute approximate surface area is 130 Å². The summed E-state index contributed by atoms with van der Waals surface area (Å²) in [7, 11) is 0. The number of hydrogen-bond acceptors (Lipinski definition) is 2. The number of nitrogens with one attached hydrogen (secondary N) is 1. The minimum atomic E-state index is 0.384. The molecule has 2 nitrogen and oxygen atoms in total. The first kappa shape index (κ1) is 16.4. The van der Waals surface area contributed by atoms with Crippen molar-refractivity contribution in [2.75, 3.05) is 6.54 Å². The van der Waals surface area contributed by atoms with E-state index < -0.39 is 0 Å². The monoisotopic (exact) mass is 289 g/mol. The van der Waals surface area contributed by atoms with Gasteiger partial charge < -0.3 is 10.1 Å². The van der Waals surface area contributed by atoms with Gasteiger partial charge in [0.15, 0.2) is 0 Å². The van der Waals surface area contributed by atoms with Crippen molar-refractivity contribution in [2.45, 2.75) is 59.6 Å². The Bertz CT molecular complexity index is 419. The Morgan fingerprint density at radius 3 is 2.43 bits per heavy atom. The third kappa shape index (κ3) is 5.35. The maximum absolute atomic E-state index is 6.34. The number of hydrogen-bond donors (Lipinski definition) is 1. The summed E-state index contributed by atoms with van der Waals surface area (Å²) < 4.78 is 6.34. The normalized spacial score (nSPS) is 26.0. The minimum absolute atomic E-state index is 0.384. The van der Waals surface area contributed by atoms with Crippen LogP contribution >= 0.6 is 0 Å². The van der Waals surface area contributed by atoms with Gasteiger partial charge in [0, 0.05) is 12.1 Å². The van der Waals surface area contributed by atoms with Crippen LogP contribution in [0.4, 0.5) is 0 Å². The highest BCUT2D eigenvalue weighted by Crippen LogP contribution is 2.32. The summed E-state index contributed by atoms with van der Waals surface area (Å²) >= 11 is 0. The average Bonchev–Trinajstić information content (AvgIpc) is 2.39. The predicted molar refractivity (Wildman–Crippen MR) is 89.6 cm³/mol. The van der Waals surface area contributed by atoms with E-state index >= 15 is 0 Å². The summed E-state index contributed by atoms with van der Waals surface area (Å²) in [6.07, 6.45) is 4.11. The van der Waals surface area contributed by atoms with Crippen molar-refractivity contribution in [3.05, 3.63) is 29.8 Å². The molecule has 0 heterocycles. The van der Waals surface area contributed by atoms with Crippen molar-refractivity contribution in [3.8, 4) is 5.75 Å². The molecule has 1 fully saturated rings. The maximum Gasteiger partial charge on any atom is 0.124 e. The Hall–Kier alpha value is -1.02. The third-order valence-corrected chi connectivity index (χ3v) is 4.27. The van der Waals surface area contributed by atoms with Crippen LogP contribution in [0.3, 0.4) is 0 Å². The Morgan fingerprint density at radius 1 is 1.10 bits per heavy atom. The molecule has 1 N–H and O–H groups in total. The van der Waals surface area contributed by atoms with Gasteiger partial charge in [-0.2, -0.15) is 0 Å². The van der Waals surface area contributed by atoms with Crippen LogP contribution in [0.2, 0.25) is 0 Å². The van der Waals surface area contributed by atoms with Gasteiger partial charge >= 0.3 is 0 Å². The van der Waals surface area contributed by atoms with Gasteiger partial charge in [0.25, 0.3) is 0 Å². The van der Waals surface area contributed by atoms with E-state index in [0.717, 1.165) is 30.7 Å². The molecule has 0 saturated heterocycles. The highest BCUT2D eigenvalue weighted by molar-refractivity contribution is 5.33. The van der Waals surface area contributed by atoms with Crippen molar-refractivity contribution in [1.82, 2.24) is 5.32 Å². The van der Waals surface area contributed by atoms with Crippen LogP contribution in [0.25, 0.3) is 0 Å².